The Labute approximate surface area is 289 Å². The molecule has 8 heteroatoms. The lowest BCUT2D eigenvalue weighted by Crippen LogP contribution is -2.42. The third-order valence-electron chi connectivity index (χ3n) is 8.96. The largest absolute Gasteiger partial charge is 0.497 e. The number of hydrogen-bond donors (Lipinski definition) is 0. The normalized spacial score (nSPS) is 16.4. The van der Waals surface area contributed by atoms with Crippen LogP contribution in [0.25, 0.3) is 0 Å². The molecule has 0 unspecified atom stereocenters. The van der Waals surface area contributed by atoms with Crippen molar-refractivity contribution >= 4 is 0 Å². The summed E-state index contributed by atoms with van der Waals surface area (Å²) in [5.41, 5.74) is 4.01. The van der Waals surface area contributed by atoms with Gasteiger partial charge in [0.1, 0.15) is 23.3 Å². The topological polar surface area (TPSA) is 80.9 Å². The van der Waals surface area contributed by atoms with Gasteiger partial charge in [0.2, 0.25) is 0 Å². The zero-order valence-corrected chi connectivity index (χ0v) is 29.3. The van der Waals surface area contributed by atoms with E-state index in [2.05, 4.69) is 32.1 Å². The summed E-state index contributed by atoms with van der Waals surface area (Å²) < 4.78 is 27.2. The molecule has 5 rings (SSSR count). The standard InChI is InChI=1S/C41H47N2O6/c1-29(2)11-10-12-30(3)25-26-42-39(44)31(4)27-43(40(42)45)38-24-23-37(49-38)28-48-41(32-13-8-7-9-14-32,33-15-19-35(46-5)20-16-33)34-17-21-36(47-6)22-18-34/h7-9,11,13-23,25,27,37-38H,10,12,24,26,28H2,1-6H3/b30-25+/t37-,38-/m1/s1. The quantitative estimate of drug-likeness (QED) is 0.103. The van der Waals surface area contributed by atoms with Crippen molar-refractivity contribution in [3.8, 4) is 11.5 Å². The lowest BCUT2D eigenvalue weighted by atomic mass is 9.80. The Kier molecular flexibility index (Phi) is 11.8. The van der Waals surface area contributed by atoms with Crippen molar-refractivity contribution in [2.75, 3.05) is 20.8 Å². The van der Waals surface area contributed by atoms with Gasteiger partial charge in [-0.3, -0.25) is 13.9 Å². The van der Waals surface area contributed by atoms with Crippen LogP contribution in [-0.4, -0.2) is 36.1 Å². The molecule has 0 saturated carbocycles. The van der Waals surface area contributed by atoms with E-state index in [1.807, 2.05) is 86.2 Å². The van der Waals surface area contributed by atoms with E-state index < -0.39 is 17.9 Å². The molecule has 0 amide bonds. The van der Waals surface area contributed by atoms with Crippen LogP contribution in [0.4, 0.5) is 0 Å². The smallest absolute Gasteiger partial charge is 0.333 e. The number of rotatable bonds is 14. The monoisotopic (exact) mass is 663 g/mol. The van der Waals surface area contributed by atoms with Crippen molar-refractivity contribution in [1.29, 1.82) is 0 Å². The number of benzene rings is 3. The Morgan fingerprint density at radius 1 is 0.857 bits per heavy atom. The van der Waals surface area contributed by atoms with Crippen molar-refractivity contribution in [2.45, 2.75) is 71.4 Å². The van der Waals surface area contributed by atoms with E-state index in [0.717, 1.165) is 46.6 Å². The summed E-state index contributed by atoms with van der Waals surface area (Å²) in [5, 5.41) is 0. The van der Waals surface area contributed by atoms with E-state index >= 15 is 0 Å². The Morgan fingerprint density at radius 2 is 1.45 bits per heavy atom. The minimum absolute atomic E-state index is 0.213. The van der Waals surface area contributed by atoms with E-state index in [9.17, 15) is 9.59 Å². The molecule has 1 saturated heterocycles. The van der Waals surface area contributed by atoms with Crippen LogP contribution >= 0.6 is 0 Å². The van der Waals surface area contributed by atoms with Gasteiger partial charge in [0, 0.05) is 18.3 Å². The van der Waals surface area contributed by atoms with Crippen molar-refractivity contribution in [3.05, 3.63) is 158 Å². The van der Waals surface area contributed by atoms with Gasteiger partial charge in [-0.1, -0.05) is 77.9 Å². The number of aryl methyl sites for hydroxylation is 1. The lowest BCUT2D eigenvalue weighted by molar-refractivity contribution is -0.0724. The summed E-state index contributed by atoms with van der Waals surface area (Å²) in [6, 6.07) is 25.9. The highest BCUT2D eigenvalue weighted by molar-refractivity contribution is 5.49. The first-order valence-electron chi connectivity index (χ1n) is 16.7. The summed E-state index contributed by atoms with van der Waals surface area (Å²) in [6.07, 6.45) is 9.11. The van der Waals surface area contributed by atoms with Gasteiger partial charge < -0.3 is 18.9 Å². The number of hydrogen-bond acceptors (Lipinski definition) is 6. The van der Waals surface area contributed by atoms with Crippen molar-refractivity contribution in [1.82, 2.24) is 9.13 Å². The number of allylic oxidation sites excluding steroid dienone is 4. The summed E-state index contributed by atoms with van der Waals surface area (Å²) >= 11 is 0. The molecule has 1 aromatic heterocycles. The third-order valence-corrected chi connectivity index (χ3v) is 8.96. The van der Waals surface area contributed by atoms with Gasteiger partial charge in [-0.25, -0.2) is 4.79 Å². The van der Waals surface area contributed by atoms with E-state index in [1.54, 1.807) is 27.3 Å². The van der Waals surface area contributed by atoms with Crippen LogP contribution in [0, 0.1) is 13.3 Å². The van der Waals surface area contributed by atoms with Crippen molar-refractivity contribution in [3.63, 3.8) is 0 Å². The van der Waals surface area contributed by atoms with Crippen molar-refractivity contribution < 1.29 is 18.9 Å². The Hall–Kier alpha value is -4.66. The molecule has 49 heavy (non-hydrogen) atoms. The maximum Gasteiger partial charge on any atom is 0.333 e. The van der Waals surface area contributed by atoms with Crippen LogP contribution in [0.5, 0.6) is 11.5 Å². The molecular weight excluding hydrogens is 616 g/mol. The van der Waals surface area contributed by atoms with E-state index in [4.69, 9.17) is 18.9 Å². The summed E-state index contributed by atoms with van der Waals surface area (Å²) in [4.78, 5) is 26.7. The molecule has 1 aliphatic rings. The van der Waals surface area contributed by atoms with E-state index in [1.165, 1.54) is 14.7 Å². The molecular formula is C41H47N2O6. The zero-order chi connectivity index (χ0) is 35.0. The van der Waals surface area contributed by atoms with Gasteiger partial charge in [0.15, 0.2) is 0 Å². The highest BCUT2D eigenvalue weighted by Crippen LogP contribution is 2.42. The first kappa shape index (κ1) is 35.6. The molecule has 0 spiro atoms. The molecule has 1 aliphatic heterocycles. The molecule has 257 valence electrons. The predicted molar refractivity (Wildman–Crippen MR) is 193 cm³/mol. The Balaban J connectivity index is 1.42. The summed E-state index contributed by atoms with van der Waals surface area (Å²) in [5.74, 6) is 1.49. The number of ether oxygens (including phenoxy) is 4. The molecule has 4 aromatic rings. The fourth-order valence-corrected chi connectivity index (χ4v) is 6.21. The molecule has 3 aromatic carbocycles. The number of aromatic nitrogens is 2. The predicted octanol–water partition coefficient (Wildman–Crippen LogP) is 7.53. The molecule has 8 nitrogen and oxygen atoms in total. The van der Waals surface area contributed by atoms with E-state index in [0.29, 0.717) is 12.0 Å². The van der Waals surface area contributed by atoms with E-state index in [-0.39, 0.29) is 24.4 Å². The SMILES string of the molecule is COc1ccc(C(OC[C@H]2[CH]C[C@H](n3cc(C)c(=O)n(C/C=C(\C)CCC=C(C)C)c3=O)O2)(c2ccccc2)c2ccc(OC)cc2)cc1. The van der Waals surface area contributed by atoms with Gasteiger partial charge in [-0.2, -0.15) is 0 Å². The van der Waals surface area contributed by atoms with Crippen molar-refractivity contribution in [2.24, 2.45) is 0 Å². The average Bonchev–Trinajstić information content (AvgIpc) is 3.59. The minimum Gasteiger partial charge on any atom is -0.497 e. The average molecular weight is 664 g/mol. The third kappa shape index (κ3) is 8.15. The number of methoxy groups -OCH3 is 2. The molecule has 1 radical (unpaired) electrons. The first-order valence-corrected chi connectivity index (χ1v) is 16.7. The Bertz CT molecular complexity index is 1820. The van der Waals surface area contributed by atoms with Crippen LogP contribution in [0.3, 0.4) is 0 Å². The molecule has 1 fully saturated rings. The van der Waals surface area contributed by atoms with Crippen LogP contribution < -0.4 is 20.7 Å². The van der Waals surface area contributed by atoms with Gasteiger partial charge in [0.25, 0.3) is 5.56 Å². The highest BCUT2D eigenvalue weighted by Gasteiger charge is 2.40. The Morgan fingerprint density at radius 3 is 2.02 bits per heavy atom. The minimum atomic E-state index is -0.994. The maximum absolute atomic E-state index is 13.7. The second-order valence-corrected chi connectivity index (χ2v) is 12.7. The van der Waals surface area contributed by atoms with Gasteiger partial charge in [0.05, 0.1) is 26.9 Å². The second kappa shape index (κ2) is 16.2. The van der Waals surface area contributed by atoms with Gasteiger partial charge in [-0.15, -0.1) is 0 Å². The lowest BCUT2D eigenvalue weighted by Gasteiger charge is -2.37. The fraction of sp³-hybridized carbons (Fsp3) is 0.341. The highest BCUT2D eigenvalue weighted by atomic mass is 16.6. The second-order valence-electron chi connectivity index (χ2n) is 12.7. The molecule has 0 aliphatic carbocycles. The number of nitrogens with zero attached hydrogens (tertiary/aromatic N) is 2. The van der Waals surface area contributed by atoms with Gasteiger partial charge >= 0.3 is 5.69 Å². The van der Waals surface area contributed by atoms with Crippen LogP contribution in [0.2, 0.25) is 0 Å². The molecule has 0 N–H and O–H groups in total. The van der Waals surface area contributed by atoms with Crippen LogP contribution in [0.15, 0.2) is 118 Å². The zero-order valence-electron chi connectivity index (χ0n) is 29.3. The molecule has 2 atom stereocenters. The maximum atomic E-state index is 13.7. The van der Waals surface area contributed by atoms with Gasteiger partial charge in [-0.05, 0) is 94.3 Å². The summed E-state index contributed by atoms with van der Waals surface area (Å²) in [7, 11) is 3.29. The molecule has 2 heterocycles. The van der Waals surface area contributed by atoms with Crippen LogP contribution in [-0.2, 0) is 21.6 Å². The fourth-order valence-electron chi connectivity index (χ4n) is 6.21. The molecule has 0 bridgehead atoms. The van der Waals surface area contributed by atoms with Crippen LogP contribution in [0.1, 0.15) is 68.5 Å². The summed E-state index contributed by atoms with van der Waals surface area (Å²) in [6.45, 7) is 8.35. The first-order chi connectivity index (χ1) is 23.7.